The van der Waals surface area contributed by atoms with E-state index in [2.05, 4.69) is 16.7 Å². The van der Waals surface area contributed by atoms with Gasteiger partial charge in [-0.2, -0.15) is 0 Å². The van der Waals surface area contributed by atoms with Crippen LogP contribution in [0.1, 0.15) is 20.8 Å². The lowest BCUT2D eigenvalue weighted by molar-refractivity contribution is -0.132. The minimum Gasteiger partial charge on any atom is -0.378 e. The summed E-state index contributed by atoms with van der Waals surface area (Å²) in [6, 6.07) is 0. The Morgan fingerprint density at radius 2 is 1.43 bits per heavy atom. The molecule has 0 aliphatic carbocycles. The van der Waals surface area contributed by atoms with Crippen LogP contribution in [0.3, 0.4) is 0 Å². The zero-order valence-corrected chi connectivity index (χ0v) is 13.6. The molecule has 21 heavy (non-hydrogen) atoms. The predicted octanol–water partition coefficient (Wildman–Crippen LogP) is 0.0780. The van der Waals surface area contributed by atoms with Crippen LogP contribution < -0.4 is 0 Å². The summed E-state index contributed by atoms with van der Waals surface area (Å²) in [5, 5.41) is 0. The summed E-state index contributed by atoms with van der Waals surface area (Å²) < 4.78 is 5.06. The van der Waals surface area contributed by atoms with Crippen molar-refractivity contribution >= 4 is 11.7 Å². The summed E-state index contributed by atoms with van der Waals surface area (Å²) in [5.41, 5.74) is 0. The van der Waals surface area contributed by atoms with Crippen molar-refractivity contribution in [3.8, 4) is 0 Å². The van der Waals surface area contributed by atoms with Crippen LogP contribution in [0.15, 0.2) is 0 Å². The van der Waals surface area contributed by atoms with Gasteiger partial charge in [0.1, 0.15) is 5.78 Å². The second kappa shape index (κ2) is 9.87. The highest BCUT2D eigenvalue weighted by Gasteiger charge is 2.15. The number of morpholine rings is 1. The highest BCUT2D eigenvalue weighted by molar-refractivity contribution is 5.77. The number of hydrogen-bond acceptors (Lipinski definition) is 5. The van der Waals surface area contributed by atoms with Crippen molar-refractivity contribution in [3.63, 3.8) is 0 Å². The van der Waals surface area contributed by atoms with Crippen LogP contribution in [0.25, 0.3) is 0 Å². The molecule has 2 aliphatic heterocycles. The van der Waals surface area contributed by atoms with Gasteiger partial charge in [-0.05, 0) is 13.5 Å². The van der Waals surface area contributed by atoms with Gasteiger partial charge >= 0.3 is 0 Å². The van der Waals surface area contributed by atoms with E-state index in [1.54, 1.807) is 18.7 Å². The molecule has 0 aromatic carbocycles. The average Bonchev–Trinajstić information content (AvgIpc) is 2.49. The molecule has 2 saturated heterocycles. The quantitative estimate of drug-likeness (QED) is 0.739. The third-order valence-electron chi connectivity index (χ3n) is 3.81. The largest absolute Gasteiger partial charge is 0.378 e. The maximum Gasteiger partial charge on any atom is 0.219 e. The third-order valence-corrected chi connectivity index (χ3v) is 3.81. The van der Waals surface area contributed by atoms with Gasteiger partial charge in [0.05, 0.1) is 19.8 Å². The molecule has 1 amide bonds. The molecule has 122 valence electrons. The number of rotatable bonds is 3. The SMILES string of the molecule is CC(=O)N1CCOCC1.CCN1CCN(CC(C)=O)CC1. The molecular formula is C15H29N3O3. The molecule has 0 unspecified atom stereocenters. The maximum atomic E-state index is 10.8. The fourth-order valence-electron chi connectivity index (χ4n) is 2.46. The molecule has 2 fully saturated rings. The van der Waals surface area contributed by atoms with Crippen LogP contribution in [0.4, 0.5) is 0 Å². The summed E-state index contributed by atoms with van der Waals surface area (Å²) in [5.74, 6) is 0.429. The Balaban J connectivity index is 0.000000219. The van der Waals surface area contributed by atoms with Gasteiger partial charge in [0.2, 0.25) is 5.91 Å². The molecule has 2 rings (SSSR count). The van der Waals surface area contributed by atoms with Crippen molar-refractivity contribution in [2.24, 2.45) is 0 Å². The Labute approximate surface area is 128 Å². The Hall–Kier alpha value is -0.980. The van der Waals surface area contributed by atoms with Crippen molar-refractivity contribution in [1.82, 2.24) is 14.7 Å². The fourth-order valence-corrected chi connectivity index (χ4v) is 2.46. The first kappa shape index (κ1) is 18.1. The molecule has 2 aliphatic rings. The van der Waals surface area contributed by atoms with Crippen LogP contribution in [0.5, 0.6) is 0 Å². The van der Waals surface area contributed by atoms with Gasteiger partial charge in [0.25, 0.3) is 0 Å². The van der Waals surface area contributed by atoms with E-state index in [4.69, 9.17) is 4.74 Å². The lowest BCUT2D eigenvalue weighted by Crippen LogP contribution is -2.47. The van der Waals surface area contributed by atoms with E-state index >= 15 is 0 Å². The number of carbonyl (C=O) groups is 2. The van der Waals surface area contributed by atoms with Crippen LogP contribution in [-0.2, 0) is 14.3 Å². The molecule has 0 bridgehead atoms. The Bertz CT molecular complexity index is 322. The summed E-state index contributed by atoms with van der Waals surface area (Å²) >= 11 is 0. The van der Waals surface area contributed by atoms with E-state index in [9.17, 15) is 9.59 Å². The third kappa shape index (κ3) is 7.55. The molecular weight excluding hydrogens is 270 g/mol. The number of ketones is 1. The molecule has 0 aromatic heterocycles. The molecule has 0 saturated carbocycles. The molecule has 0 spiro atoms. The minimum atomic E-state index is 0.151. The number of carbonyl (C=O) groups excluding carboxylic acids is 2. The number of amides is 1. The van der Waals surface area contributed by atoms with E-state index in [1.807, 2.05) is 0 Å². The standard InChI is InChI=1S/C9H18N2O.C6H11NO2/c1-3-10-4-6-11(7-5-10)8-9(2)12;1-6(8)7-2-4-9-5-3-7/h3-8H2,1-2H3;2-5H2,1H3. The van der Waals surface area contributed by atoms with Crippen molar-refractivity contribution in [1.29, 1.82) is 0 Å². The van der Waals surface area contributed by atoms with Gasteiger partial charge in [-0.3, -0.25) is 14.5 Å². The smallest absolute Gasteiger partial charge is 0.219 e. The lowest BCUT2D eigenvalue weighted by atomic mass is 10.3. The van der Waals surface area contributed by atoms with Gasteiger partial charge in [-0.15, -0.1) is 0 Å². The van der Waals surface area contributed by atoms with Crippen molar-refractivity contribution in [2.75, 3.05) is 65.6 Å². The van der Waals surface area contributed by atoms with Crippen LogP contribution in [-0.4, -0.2) is 92.0 Å². The number of Topliss-reactive ketones (excluding diaryl/α,β-unsaturated/α-hetero) is 1. The zero-order valence-electron chi connectivity index (χ0n) is 13.6. The first-order chi connectivity index (χ1) is 10.0. The highest BCUT2D eigenvalue weighted by Crippen LogP contribution is 2.00. The van der Waals surface area contributed by atoms with E-state index in [0.717, 1.165) is 45.8 Å². The van der Waals surface area contributed by atoms with Gasteiger partial charge < -0.3 is 14.5 Å². The zero-order chi connectivity index (χ0) is 15.7. The summed E-state index contributed by atoms with van der Waals surface area (Å²) in [4.78, 5) is 27.9. The Kier molecular flexibility index (Phi) is 8.49. The van der Waals surface area contributed by atoms with Crippen LogP contribution in [0.2, 0.25) is 0 Å². The van der Waals surface area contributed by atoms with Gasteiger partial charge in [-0.1, -0.05) is 6.92 Å². The van der Waals surface area contributed by atoms with Crippen LogP contribution in [0, 0.1) is 0 Å². The lowest BCUT2D eigenvalue weighted by Gasteiger charge is -2.33. The molecule has 6 heteroatoms. The number of nitrogens with zero attached hydrogens (tertiary/aromatic N) is 3. The topological polar surface area (TPSA) is 53.1 Å². The number of hydrogen-bond donors (Lipinski definition) is 0. The molecule has 0 atom stereocenters. The van der Waals surface area contributed by atoms with E-state index in [1.165, 1.54) is 0 Å². The van der Waals surface area contributed by atoms with E-state index in [0.29, 0.717) is 19.8 Å². The summed E-state index contributed by atoms with van der Waals surface area (Å²) in [6.07, 6.45) is 0. The van der Waals surface area contributed by atoms with Gasteiger partial charge in [0.15, 0.2) is 0 Å². The number of likely N-dealkylation sites (N-methyl/N-ethyl adjacent to an activating group) is 1. The normalized spacial score (nSPS) is 20.6. The summed E-state index contributed by atoms with van der Waals surface area (Å²) in [7, 11) is 0. The fraction of sp³-hybridized carbons (Fsp3) is 0.867. The number of piperazine rings is 1. The molecule has 0 aromatic rings. The Morgan fingerprint density at radius 3 is 1.81 bits per heavy atom. The first-order valence-corrected chi connectivity index (χ1v) is 7.80. The van der Waals surface area contributed by atoms with Gasteiger partial charge in [-0.25, -0.2) is 0 Å². The molecule has 2 heterocycles. The second-order valence-corrected chi connectivity index (χ2v) is 5.53. The number of ether oxygens (including phenoxy) is 1. The van der Waals surface area contributed by atoms with E-state index in [-0.39, 0.29) is 11.7 Å². The van der Waals surface area contributed by atoms with Gasteiger partial charge in [0, 0.05) is 46.2 Å². The first-order valence-electron chi connectivity index (χ1n) is 7.80. The second-order valence-electron chi connectivity index (χ2n) is 5.53. The van der Waals surface area contributed by atoms with Crippen molar-refractivity contribution in [2.45, 2.75) is 20.8 Å². The summed E-state index contributed by atoms with van der Waals surface area (Å²) in [6.45, 7) is 14.4. The molecule has 6 nitrogen and oxygen atoms in total. The van der Waals surface area contributed by atoms with Crippen molar-refractivity contribution in [3.05, 3.63) is 0 Å². The minimum absolute atomic E-state index is 0.151. The Morgan fingerprint density at radius 1 is 0.905 bits per heavy atom. The van der Waals surface area contributed by atoms with Crippen molar-refractivity contribution < 1.29 is 14.3 Å². The predicted molar refractivity (Wildman–Crippen MR) is 82.3 cm³/mol. The molecule has 0 radical (unpaired) electrons. The van der Waals surface area contributed by atoms with Crippen LogP contribution >= 0.6 is 0 Å². The highest BCUT2D eigenvalue weighted by atomic mass is 16.5. The molecule has 0 N–H and O–H groups in total. The maximum absolute atomic E-state index is 10.8. The van der Waals surface area contributed by atoms with E-state index < -0.39 is 0 Å². The monoisotopic (exact) mass is 299 g/mol. The average molecular weight is 299 g/mol.